The molecule has 0 spiro atoms. The Labute approximate surface area is 116 Å². The third-order valence-corrected chi connectivity index (χ3v) is 2.66. The van der Waals surface area contributed by atoms with E-state index in [-0.39, 0.29) is 13.2 Å². The minimum absolute atomic E-state index is 0.0754. The molecule has 0 heterocycles. The second-order valence-electron chi connectivity index (χ2n) is 4.78. The maximum Gasteiger partial charge on any atom is 0.390 e. The van der Waals surface area contributed by atoms with Gasteiger partial charge < -0.3 is 15.2 Å². The molecular weight excluding hydrogens is 271 g/mol. The van der Waals surface area contributed by atoms with Crippen LogP contribution < -0.4 is 5.32 Å². The number of benzene rings is 1. The topological polar surface area (TPSA) is 41.5 Å². The number of aliphatic hydroxyl groups is 1. The second kappa shape index (κ2) is 8.24. The number of aliphatic hydroxyl groups excluding tert-OH is 1. The van der Waals surface area contributed by atoms with Crippen LogP contribution in [0.4, 0.5) is 13.2 Å². The van der Waals surface area contributed by atoms with Gasteiger partial charge in [0.1, 0.15) is 0 Å². The Hall–Kier alpha value is -1.11. The predicted molar refractivity (Wildman–Crippen MR) is 70.2 cm³/mol. The maximum atomic E-state index is 12.1. The van der Waals surface area contributed by atoms with E-state index in [0.29, 0.717) is 6.61 Å². The zero-order chi connectivity index (χ0) is 15.0. The Morgan fingerprint density at radius 3 is 2.50 bits per heavy atom. The molecule has 0 aliphatic carbocycles. The van der Waals surface area contributed by atoms with E-state index >= 15 is 0 Å². The van der Waals surface area contributed by atoms with Crippen molar-refractivity contribution in [3.8, 4) is 0 Å². The van der Waals surface area contributed by atoms with Crippen LogP contribution in [0, 0.1) is 0 Å². The van der Waals surface area contributed by atoms with Crippen molar-refractivity contribution in [3.63, 3.8) is 0 Å². The van der Waals surface area contributed by atoms with Crippen LogP contribution in [0.2, 0.25) is 0 Å². The highest BCUT2D eigenvalue weighted by Crippen LogP contribution is 2.21. The SMILES string of the molecule is CC(CC(F)(F)F)NCC(O)COCc1ccccc1. The van der Waals surface area contributed by atoms with Gasteiger partial charge in [-0.3, -0.25) is 0 Å². The van der Waals surface area contributed by atoms with Crippen LogP contribution in [-0.4, -0.2) is 36.6 Å². The van der Waals surface area contributed by atoms with Crippen molar-refractivity contribution in [1.29, 1.82) is 0 Å². The summed E-state index contributed by atoms with van der Waals surface area (Å²) in [5, 5.41) is 12.2. The van der Waals surface area contributed by atoms with E-state index in [1.54, 1.807) is 0 Å². The molecule has 114 valence electrons. The molecule has 0 fully saturated rings. The van der Waals surface area contributed by atoms with Crippen LogP contribution >= 0.6 is 0 Å². The van der Waals surface area contributed by atoms with Crippen molar-refractivity contribution in [2.24, 2.45) is 0 Å². The van der Waals surface area contributed by atoms with Crippen LogP contribution in [0.1, 0.15) is 18.9 Å². The first-order valence-electron chi connectivity index (χ1n) is 6.46. The quantitative estimate of drug-likeness (QED) is 0.773. The van der Waals surface area contributed by atoms with Gasteiger partial charge in [0.15, 0.2) is 0 Å². The first kappa shape index (κ1) is 16.9. The molecule has 6 heteroatoms. The molecule has 0 bridgehead atoms. The number of halogens is 3. The van der Waals surface area contributed by atoms with Crippen molar-refractivity contribution in [2.45, 2.75) is 38.3 Å². The molecule has 1 rings (SSSR count). The van der Waals surface area contributed by atoms with Crippen molar-refractivity contribution < 1.29 is 23.0 Å². The van der Waals surface area contributed by atoms with Gasteiger partial charge in [-0.2, -0.15) is 13.2 Å². The largest absolute Gasteiger partial charge is 0.390 e. The molecule has 0 aromatic heterocycles. The Kier molecular flexibility index (Phi) is 6.98. The average Bonchev–Trinajstić information content (AvgIpc) is 2.36. The van der Waals surface area contributed by atoms with Crippen molar-refractivity contribution in [2.75, 3.05) is 13.2 Å². The molecule has 1 aromatic carbocycles. The zero-order valence-corrected chi connectivity index (χ0v) is 11.4. The Balaban J connectivity index is 2.13. The number of alkyl halides is 3. The third-order valence-electron chi connectivity index (χ3n) is 2.66. The predicted octanol–water partition coefficient (Wildman–Crippen LogP) is 2.49. The van der Waals surface area contributed by atoms with Crippen molar-refractivity contribution in [1.82, 2.24) is 5.32 Å². The Morgan fingerprint density at radius 1 is 1.25 bits per heavy atom. The van der Waals surface area contributed by atoms with Crippen LogP contribution in [0.3, 0.4) is 0 Å². The van der Waals surface area contributed by atoms with Crippen LogP contribution in [0.15, 0.2) is 30.3 Å². The average molecular weight is 291 g/mol. The maximum absolute atomic E-state index is 12.1. The minimum atomic E-state index is -4.19. The standard InChI is InChI=1S/C14H20F3NO2/c1-11(7-14(15,16)17)18-8-13(19)10-20-9-12-5-3-2-4-6-12/h2-6,11,13,18-19H,7-10H2,1H3. The summed E-state index contributed by atoms with van der Waals surface area (Å²) >= 11 is 0. The van der Waals surface area contributed by atoms with E-state index in [4.69, 9.17) is 4.74 Å². The molecule has 3 nitrogen and oxygen atoms in total. The molecule has 2 N–H and O–H groups in total. The normalized spacial score (nSPS) is 15.1. The molecule has 0 aliphatic heterocycles. The molecular formula is C14H20F3NO2. The van der Waals surface area contributed by atoms with Crippen molar-refractivity contribution in [3.05, 3.63) is 35.9 Å². The summed E-state index contributed by atoms with van der Waals surface area (Å²) in [7, 11) is 0. The van der Waals surface area contributed by atoms with Crippen LogP contribution in [0.5, 0.6) is 0 Å². The minimum Gasteiger partial charge on any atom is -0.389 e. The fourth-order valence-corrected chi connectivity index (χ4v) is 1.70. The van der Waals surface area contributed by atoms with E-state index in [1.807, 2.05) is 30.3 Å². The van der Waals surface area contributed by atoms with E-state index in [2.05, 4.69) is 5.32 Å². The highest BCUT2D eigenvalue weighted by atomic mass is 19.4. The summed E-state index contributed by atoms with van der Waals surface area (Å²) in [5.74, 6) is 0. The van der Waals surface area contributed by atoms with Gasteiger partial charge in [-0.1, -0.05) is 30.3 Å². The molecule has 0 aliphatic rings. The lowest BCUT2D eigenvalue weighted by Gasteiger charge is -2.18. The number of rotatable bonds is 8. The van der Waals surface area contributed by atoms with E-state index in [0.717, 1.165) is 5.56 Å². The Bertz CT molecular complexity index is 370. The van der Waals surface area contributed by atoms with Gasteiger partial charge in [-0.15, -0.1) is 0 Å². The summed E-state index contributed by atoms with van der Waals surface area (Å²) in [6.45, 7) is 1.97. The molecule has 0 saturated carbocycles. The summed E-state index contributed by atoms with van der Waals surface area (Å²) in [6.07, 6.45) is -5.93. The van der Waals surface area contributed by atoms with Crippen molar-refractivity contribution >= 4 is 0 Å². The van der Waals surface area contributed by atoms with Gasteiger partial charge in [0.2, 0.25) is 0 Å². The number of ether oxygens (including phenoxy) is 1. The molecule has 20 heavy (non-hydrogen) atoms. The van der Waals surface area contributed by atoms with Gasteiger partial charge >= 0.3 is 6.18 Å². The number of nitrogens with one attached hydrogen (secondary N) is 1. The molecule has 0 amide bonds. The smallest absolute Gasteiger partial charge is 0.389 e. The number of hydrogen-bond donors (Lipinski definition) is 2. The molecule has 2 unspecified atom stereocenters. The molecule has 0 saturated heterocycles. The van der Waals surface area contributed by atoms with Gasteiger partial charge in [0, 0.05) is 12.6 Å². The summed E-state index contributed by atoms with van der Waals surface area (Å²) in [5.41, 5.74) is 0.984. The summed E-state index contributed by atoms with van der Waals surface area (Å²) in [4.78, 5) is 0. The van der Waals surface area contributed by atoms with Gasteiger partial charge in [0.25, 0.3) is 0 Å². The first-order valence-corrected chi connectivity index (χ1v) is 6.46. The molecule has 1 aromatic rings. The summed E-state index contributed by atoms with van der Waals surface area (Å²) < 4.78 is 41.6. The highest BCUT2D eigenvalue weighted by Gasteiger charge is 2.29. The molecule has 2 atom stereocenters. The highest BCUT2D eigenvalue weighted by molar-refractivity contribution is 5.13. The number of hydrogen-bond acceptors (Lipinski definition) is 3. The lowest BCUT2D eigenvalue weighted by Crippen LogP contribution is -2.38. The summed E-state index contributed by atoms with van der Waals surface area (Å²) in [6, 6.07) is 8.74. The zero-order valence-electron chi connectivity index (χ0n) is 11.4. The van der Waals surface area contributed by atoms with Gasteiger partial charge in [0.05, 0.1) is 25.7 Å². The molecule has 0 radical (unpaired) electrons. The fourth-order valence-electron chi connectivity index (χ4n) is 1.70. The van der Waals surface area contributed by atoms with E-state index < -0.39 is 24.7 Å². The Morgan fingerprint density at radius 2 is 1.90 bits per heavy atom. The van der Waals surface area contributed by atoms with Crippen LogP contribution in [0.25, 0.3) is 0 Å². The fraction of sp³-hybridized carbons (Fsp3) is 0.571. The van der Waals surface area contributed by atoms with E-state index in [1.165, 1.54) is 6.92 Å². The lowest BCUT2D eigenvalue weighted by molar-refractivity contribution is -0.139. The monoisotopic (exact) mass is 291 g/mol. The van der Waals surface area contributed by atoms with Gasteiger partial charge in [-0.25, -0.2) is 0 Å². The second-order valence-corrected chi connectivity index (χ2v) is 4.78. The lowest BCUT2D eigenvalue weighted by atomic mass is 10.2. The van der Waals surface area contributed by atoms with E-state index in [9.17, 15) is 18.3 Å². The third kappa shape index (κ3) is 8.14. The van der Waals surface area contributed by atoms with Crippen LogP contribution in [-0.2, 0) is 11.3 Å². The first-order chi connectivity index (χ1) is 9.37. The van der Waals surface area contributed by atoms with Gasteiger partial charge in [-0.05, 0) is 12.5 Å².